The molecule has 0 unspecified atom stereocenters. The van der Waals surface area contributed by atoms with Gasteiger partial charge in [-0.25, -0.2) is 4.68 Å². The SMILES string of the molecule is Cc1nn(-c2ccccc2)c2sc(C(=O)N(C)C3CCNCC3)cc12. The van der Waals surface area contributed by atoms with Crippen LogP contribution in [0.1, 0.15) is 28.2 Å². The zero-order valence-electron chi connectivity index (χ0n) is 14.5. The number of carbonyl (C=O) groups is 1. The molecule has 3 heterocycles. The number of hydrogen-bond acceptors (Lipinski definition) is 4. The van der Waals surface area contributed by atoms with Gasteiger partial charge in [-0.1, -0.05) is 18.2 Å². The molecule has 5 nitrogen and oxygen atoms in total. The van der Waals surface area contributed by atoms with Gasteiger partial charge in [0.15, 0.2) is 0 Å². The summed E-state index contributed by atoms with van der Waals surface area (Å²) in [5.41, 5.74) is 1.98. The molecule has 6 heteroatoms. The van der Waals surface area contributed by atoms with E-state index in [4.69, 9.17) is 0 Å². The second-order valence-corrected chi connectivity index (χ2v) is 7.59. The van der Waals surface area contributed by atoms with E-state index < -0.39 is 0 Å². The largest absolute Gasteiger partial charge is 0.338 e. The molecule has 1 aromatic carbocycles. The average Bonchev–Trinajstić information content (AvgIpc) is 3.23. The maximum absolute atomic E-state index is 13.0. The lowest BCUT2D eigenvalue weighted by Crippen LogP contribution is -2.43. The Labute approximate surface area is 151 Å². The summed E-state index contributed by atoms with van der Waals surface area (Å²) >= 11 is 1.53. The maximum Gasteiger partial charge on any atom is 0.264 e. The predicted molar refractivity (Wildman–Crippen MR) is 102 cm³/mol. The first-order valence-corrected chi connectivity index (χ1v) is 9.49. The Bertz CT molecular complexity index is 893. The Kier molecular flexibility index (Phi) is 4.31. The van der Waals surface area contributed by atoms with Crippen LogP contribution in [0.3, 0.4) is 0 Å². The molecule has 0 atom stereocenters. The molecule has 0 spiro atoms. The van der Waals surface area contributed by atoms with Gasteiger partial charge in [0.25, 0.3) is 5.91 Å². The molecule has 1 fully saturated rings. The topological polar surface area (TPSA) is 50.2 Å². The third kappa shape index (κ3) is 2.96. The Morgan fingerprint density at radius 3 is 2.72 bits per heavy atom. The summed E-state index contributed by atoms with van der Waals surface area (Å²) in [5.74, 6) is 0.118. The van der Waals surface area contributed by atoms with Crippen molar-refractivity contribution < 1.29 is 4.79 Å². The van der Waals surface area contributed by atoms with Gasteiger partial charge >= 0.3 is 0 Å². The fourth-order valence-corrected chi connectivity index (χ4v) is 4.60. The highest BCUT2D eigenvalue weighted by molar-refractivity contribution is 7.20. The fraction of sp³-hybridized carbons (Fsp3) is 0.368. The Morgan fingerprint density at radius 1 is 1.28 bits per heavy atom. The summed E-state index contributed by atoms with van der Waals surface area (Å²) < 4.78 is 1.94. The number of hydrogen-bond donors (Lipinski definition) is 1. The van der Waals surface area contributed by atoms with E-state index in [1.165, 1.54) is 11.3 Å². The van der Waals surface area contributed by atoms with Crippen LogP contribution < -0.4 is 5.32 Å². The lowest BCUT2D eigenvalue weighted by molar-refractivity contribution is 0.0708. The molecule has 130 valence electrons. The third-order valence-corrected chi connectivity index (χ3v) is 6.03. The molecule has 1 aliphatic heterocycles. The molecule has 3 aromatic rings. The Morgan fingerprint density at radius 2 is 2.00 bits per heavy atom. The number of carbonyl (C=O) groups excluding carboxylic acids is 1. The number of fused-ring (bicyclic) bond motifs is 1. The highest BCUT2D eigenvalue weighted by Gasteiger charge is 2.25. The van der Waals surface area contributed by atoms with Crippen molar-refractivity contribution in [3.8, 4) is 5.69 Å². The van der Waals surface area contributed by atoms with Crippen molar-refractivity contribution in [1.29, 1.82) is 0 Å². The molecular weight excluding hydrogens is 332 g/mol. The number of aromatic nitrogens is 2. The van der Waals surface area contributed by atoms with Gasteiger partial charge in [0.2, 0.25) is 0 Å². The Balaban J connectivity index is 1.68. The molecule has 0 radical (unpaired) electrons. The summed E-state index contributed by atoms with van der Waals surface area (Å²) in [6.07, 6.45) is 2.04. The van der Waals surface area contributed by atoms with E-state index in [-0.39, 0.29) is 5.91 Å². The van der Waals surface area contributed by atoms with E-state index in [1.54, 1.807) is 0 Å². The summed E-state index contributed by atoms with van der Waals surface area (Å²) in [7, 11) is 1.93. The van der Waals surface area contributed by atoms with Gasteiger partial charge in [0, 0.05) is 18.5 Å². The molecule has 0 saturated carbocycles. The molecule has 1 N–H and O–H groups in total. The Hall–Kier alpha value is -2.18. The van der Waals surface area contributed by atoms with Crippen LogP contribution in [0, 0.1) is 6.92 Å². The molecular formula is C19H22N4OS. The molecule has 4 rings (SSSR count). The zero-order chi connectivity index (χ0) is 17.4. The van der Waals surface area contributed by atoms with Gasteiger partial charge in [0.05, 0.1) is 16.3 Å². The third-order valence-electron chi connectivity index (χ3n) is 4.93. The van der Waals surface area contributed by atoms with Crippen LogP contribution in [-0.2, 0) is 0 Å². The second-order valence-electron chi connectivity index (χ2n) is 6.56. The van der Waals surface area contributed by atoms with Crippen molar-refractivity contribution in [3.63, 3.8) is 0 Å². The number of thiophene rings is 1. The van der Waals surface area contributed by atoms with Crippen molar-refractivity contribution in [2.75, 3.05) is 20.1 Å². The summed E-state index contributed by atoms with van der Waals surface area (Å²) in [6, 6.07) is 12.4. The molecule has 2 aromatic heterocycles. The molecule has 25 heavy (non-hydrogen) atoms. The number of para-hydroxylation sites is 1. The number of nitrogens with zero attached hydrogens (tertiary/aromatic N) is 3. The fourth-order valence-electron chi connectivity index (χ4n) is 3.43. The number of benzene rings is 1. The summed E-state index contributed by atoms with van der Waals surface area (Å²) in [6.45, 7) is 3.97. The van der Waals surface area contributed by atoms with Crippen LogP contribution >= 0.6 is 11.3 Å². The lowest BCUT2D eigenvalue weighted by atomic mass is 10.1. The van der Waals surface area contributed by atoms with Gasteiger partial charge < -0.3 is 10.2 Å². The van der Waals surface area contributed by atoms with Gasteiger partial charge in [0.1, 0.15) is 4.83 Å². The van der Waals surface area contributed by atoms with Crippen LogP contribution in [0.5, 0.6) is 0 Å². The van der Waals surface area contributed by atoms with Crippen LogP contribution in [0.2, 0.25) is 0 Å². The molecule has 1 aliphatic rings. The first kappa shape index (κ1) is 16.3. The number of rotatable bonds is 3. The van der Waals surface area contributed by atoms with Crippen molar-refractivity contribution in [3.05, 3.63) is 47.0 Å². The number of nitrogens with one attached hydrogen (secondary N) is 1. The highest BCUT2D eigenvalue weighted by Crippen LogP contribution is 2.31. The lowest BCUT2D eigenvalue weighted by Gasteiger charge is -2.31. The number of piperidine rings is 1. The first-order chi connectivity index (χ1) is 12.1. The van der Waals surface area contributed by atoms with Crippen molar-refractivity contribution in [2.24, 2.45) is 0 Å². The van der Waals surface area contributed by atoms with E-state index in [0.29, 0.717) is 6.04 Å². The second kappa shape index (κ2) is 6.61. The average molecular weight is 354 g/mol. The smallest absolute Gasteiger partial charge is 0.264 e. The van der Waals surface area contributed by atoms with Gasteiger partial charge in [-0.15, -0.1) is 11.3 Å². The number of aryl methyl sites for hydroxylation is 1. The van der Waals surface area contributed by atoms with E-state index in [1.807, 2.05) is 60.0 Å². The molecule has 1 saturated heterocycles. The summed E-state index contributed by atoms with van der Waals surface area (Å²) in [5, 5.41) is 9.07. The molecule has 1 amide bonds. The van der Waals surface area contributed by atoms with E-state index in [2.05, 4.69) is 10.4 Å². The predicted octanol–water partition coefficient (Wildman–Crippen LogP) is 3.22. The van der Waals surface area contributed by atoms with Gasteiger partial charge in [-0.05, 0) is 51.1 Å². The minimum Gasteiger partial charge on any atom is -0.338 e. The van der Waals surface area contributed by atoms with Crippen molar-refractivity contribution in [2.45, 2.75) is 25.8 Å². The maximum atomic E-state index is 13.0. The minimum absolute atomic E-state index is 0.118. The van der Waals surface area contributed by atoms with Crippen LogP contribution in [-0.4, -0.2) is 46.8 Å². The first-order valence-electron chi connectivity index (χ1n) is 8.67. The highest BCUT2D eigenvalue weighted by atomic mass is 32.1. The van der Waals surface area contributed by atoms with Crippen LogP contribution in [0.4, 0.5) is 0 Å². The van der Waals surface area contributed by atoms with E-state index >= 15 is 0 Å². The standard InChI is InChI=1S/C19H22N4OS/c1-13-16-12-17(18(24)22(2)14-8-10-20-11-9-14)25-19(16)23(21-13)15-6-4-3-5-7-15/h3-7,12,14,20H,8-11H2,1-2H3. The minimum atomic E-state index is 0.118. The number of amides is 1. The van der Waals surface area contributed by atoms with Gasteiger partial charge in [-0.2, -0.15) is 5.10 Å². The van der Waals surface area contributed by atoms with E-state index in [0.717, 1.165) is 52.4 Å². The zero-order valence-corrected chi connectivity index (χ0v) is 15.3. The van der Waals surface area contributed by atoms with E-state index in [9.17, 15) is 4.79 Å². The molecule has 0 bridgehead atoms. The molecule has 0 aliphatic carbocycles. The normalized spacial score (nSPS) is 15.6. The van der Waals surface area contributed by atoms with Crippen LogP contribution in [0.25, 0.3) is 15.9 Å². The monoisotopic (exact) mass is 354 g/mol. The summed E-state index contributed by atoms with van der Waals surface area (Å²) in [4.78, 5) is 16.7. The van der Waals surface area contributed by atoms with Crippen LogP contribution in [0.15, 0.2) is 36.4 Å². The van der Waals surface area contributed by atoms with Crippen molar-refractivity contribution >= 4 is 27.5 Å². The quantitative estimate of drug-likeness (QED) is 0.786. The van der Waals surface area contributed by atoms with Gasteiger partial charge in [-0.3, -0.25) is 4.79 Å². The van der Waals surface area contributed by atoms with Crippen molar-refractivity contribution in [1.82, 2.24) is 20.0 Å².